The number of nitrogens with one attached hydrogen (secondary N) is 1. The highest BCUT2D eigenvalue weighted by Gasteiger charge is 2.38. The minimum atomic E-state index is -0.275. The number of likely N-dealkylation sites (tertiary alicyclic amines) is 1. The van der Waals surface area contributed by atoms with Crippen LogP contribution in [0.2, 0.25) is 0 Å². The molecular weight excluding hydrogens is 382 g/mol. The largest absolute Gasteiger partial charge is 0.497 e. The third kappa shape index (κ3) is 3.66. The number of hydrogen-bond donors (Lipinski definition) is 1. The van der Waals surface area contributed by atoms with Crippen LogP contribution in [-0.2, 0) is 9.59 Å². The van der Waals surface area contributed by atoms with Crippen LogP contribution in [0.3, 0.4) is 0 Å². The highest BCUT2D eigenvalue weighted by molar-refractivity contribution is 6.00. The standard InChI is InChI=1S/C22H27N5O3/c1-30-18-6-4-17(5-7-18)27-13-16(12-19(27)28)22(29)26-10-8-15(9-11-26)21-23-20(24-25-21)14-2-3-14/h4-7,14-16H,2-3,8-13H2,1H3,(H,23,24,25). The third-order valence-electron chi connectivity index (χ3n) is 6.51. The molecule has 0 bridgehead atoms. The van der Waals surface area contributed by atoms with Crippen LogP contribution in [0, 0.1) is 5.92 Å². The molecule has 8 heteroatoms. The van der Waals surface area contributed by atoms with Gasteiger partial charge in [0.25, 0.3) is 0 Å². The first kappa shape index (κ1) is 19.1. The number of carbonyl (C=O) groups is 2. The van der Waals surface area contributed by atoms with Crippen LogP contribution in [-0.4, -0.2) is 58.6 Å². The summed E-state index contributed by atoms with van der Waals surface area (Å²) in [7, 11) is 1.61. The van der Waals surface area contributed by atoms with Crippen molar-refractivity contribution < 1.29 is 14.3 Å². The second-order valence-electron chi connectivity index (χ2n) is 8.56. The average Bonchev–Trinajstić information content (AvgIpc) is 3.39. The van der Waals surface area contributed by atoms with Gasteiger partial charge in [0.2, 0.25) is 11.8 Å². The molecule has 158 valence electrons. The smallest absolute Gasteiger partial charge is 0.228 e. The van der Waals surface area contributed by atoms with Crippen molar-refractivity contribution in [1.82, 2.24) is 20.1 Å². The lowest BCUT2D eigenvalue weighted by atomic mass is 9.95. The summed E-state index contributed by atoms with van der Waals surface area (Å²) in [5.74, 6) is 3.36. The van der Waals surface area contributed by atoms with Crippen molar-refractivity contribution in [3.8, 4) is 5.75 Å². The first-order valence-corrected chi connectivity index (χ1v) is 10.8. The van der Waals surface area contributed by atoms with E-state index < -0.39 is 0 Å². The average molecular weight is 409 g/mol. The maximum atomic E-state index is 13.1. The summed E-state index contributed by atoms with van der Waals surface area (Å²) < 4.78 is 5.18. The van der Waals surface area contributed by atoms with Gasteiger partial charge < -0.3 is 14.5 Å². The topological polar surface area (TPSA) is 91.4 Å². The molecule has 3 aliphatic rings. The molecule has 3 heterocycles. The molecule has 2 saturated heterocycles. The Morgan fingerprint density at radius 3 is 2.50 bits per heavy atom. The van der Waals surface area contributed by atoms with Gasteiger partial charge in [0.15, 0.2) is 5.82 Å². The molecule has 1 unspecified atom stereocenters. The number of carbonyl (C=O) groups excluding carboxylic acids is 2. The quantitative estimate of drug-likeness (QED) is 0.819. The molecule has 1 aliphatic carbocycles. The Morgan fingerprint density at radius 1 is 1.10 bits per heavy atom. The fourth-order valence-electron chi connectivity index (χ4n) is 4.51. The molecule has 0 spiro atoms. The third-order valence-corrected chi connectivity index (χ3v) is 6.51. The predicted molar refractivity (Wildman–Crippen MR) is 110 cm³/mol. The van der Waals surface area contributed by atoms with E-state index in [0.29, 0.717) is 31.5 Å². The second-order valence-corrected chi connectivity index (χ2v) is 8.56. The van der Waals surface area contributed by atoms with Gasteiger partial charge in [-0.3, -0.25) is 14.7 Å². The monoisotopic (exact) mass is 409 g/mol. The van der Waals surface area contributed by atoms with E-state index in [1.807, 2.05) is 29.2 Å². The van der Waals surface area contributed by atoms with Crippen LogP contribution in [0.25, 0.3) is 0 Å². The summed E-state index contributed by atoms with van der Waals surface area (Å²) in [5, 5.41) is 7.47. The Bertz CT molecular complexity index is 929. The van der Waals surface area contributed by atoms with Crippen LogP contribution < -0.4 is 9.64 Å². The Kier molecular flexibility index (Phi) is 4.92. The lowest BCUT2D eigenvalue weighted by Gasteiger charge is -2.32. The highest BCUT2D eigenvalue weighted by Crippen LogP contribution is 2.38. The Balaban J connectivity index is 1.17. The number of rotatable bonds is 5. The van der Waals surface area contributed by atoms with Crippen molar-refractivity contribution in [3.63, 3.8) is 0 Å². The summed E-state index contributed by atoms with van der Waals surface area (Å²) >= 11 is 0. The van der Waals surface area contributed by atoms with E-state index in [1.165, 1.54) is 12.8 Å². The maximum absolute atomic E-state index is 13.1. The molecule has 1 atom stereocenters. The first-order valence-electron chi connectivity index (χ1n) is 10.8. The van der Waals surface area contributed by atoms with E-state index in [4.69, 9.17) is 4.74 Å². The summed E-state index contributed by atoms with van der Waals surface area (Å²) in [6, 6.07) is 7.39. The van der Waals surface area contributed by atoms with Crippen LogP contribution in [0.1, 0.15) is 55.6 Å². The van der Waals surface area contributed by atoms with E-state index in [2.05, 4.69) is 15.2 Å². The van der Waals surface area contributed by atoms with Crippen molar-refractivity contribution in [2.45, 2.75) is 43.9 Å². The zero-order valence-electron chi connectivity index (χ0n) is 17.2. The van der Waals surface area contributed by atoms with Crippen molar-refractivity contribution >= 4 is 17.5 Å². The normalized spacial score (nSPS) is 22.6. The zero-order valence-corrected chi connectivity index (χ0v) is 17.2. The fraction of sp³-hybridized carbons (Fsp3) is 0.545. The summed E-state index contributed by atoms with van der Waals surface area (Å²) in [6.07, 6.45) is 4.43. The molecular formula is C22H27N5O3. The molecule has 1 N–H and O–H groups in total. The fourth-order valence-corrected chi connectivity index (χ4v) is 4.51. The number of methoxy groups -OCH3 is 1. The van der Waals surface area contributed by atoms with Gasteiger partial charge in [0, 0.05) is 43.6 Å². The summed E-state index contributed by atoms with van der Waals surface area (Å²) in [5.41, 5.74) is 0.812. The Labute approximate surface area is 175 Å². The van der Waals surface area contributed by atoms with Crippen LogP contribution in [0.5, 0.6) is 5.75 Å². The number of nitrogens with zero attached hydrogens (tertiary/aromatic N) is 4. The van der Waals surface area contributed by atoms with Gasteiger partial charge in [-0.15, -0.1) is 0 Å². The number of ether oxygens (including phenoxy) is 1. The maximum Gasteiger partial charge on any atom is 0.228 e. The molecule has 0 radical (unpaired) electrons. The number of aromatic nitrogens is 3. The number of aromatic amines is 1. The highest BCUT2D eigenvalue weighted by atomic mass is 16.5. The van der Waals surface area contributed by atoms with Gasteiger partial charge >= 0.3 is 0 Å². The molecule has 30 heavy (non-hydrogen) atoms. The number of anilines is 1. The van der Waals surface area contributed by atoms with E-state index in [9.17, 15) is 9.59 Å². The lowest BCUT2D eigenvalue weighted by molar-refractivity contribution is -0.136. The molecule has 2 aliphatic heterocycles. The van der Waals surface area contributed by atoms with E-state index in [0.717, 1.165) is 35.9 Å². The van der Waals surface area contributed by atoms with E-state index in [-0.39, 0.29) is 24.2 Å². The lowest BCUT2D eigenvalue weighted by Crippen LogP contribution is -2.42. The van der Waals surface area contributed by atoms with E-state index in [1.54, 1.807) is 12.0 Å². The summed E-state index contributed by atoms with van der Waals surface area (Å²) in [4.78, 5) is 33.9. The van der Waals surface area contributed by atoms with Crippen LogP contribution in [0.4, 0.5) is 5.69 Å². The number of hydrogen-bond acceptors (Lipinski definition) is 5. The summed E-state index contributed by atoms with van der Waals surface area (Å²) in [6.45, 7) is 1.85. The Hall–Kier alpha value is -2.90. The number of amides is 2. The van der Waals surface area contributed by atoms with Gasteiger partial charge in [-0.05, 0) is 49.9 Å². The SMILES string of the molecule is COc1ccc(N2CC(C(=O)N3CCC(c4nc(C5CC5)n[nH]4)CC3)CC2=O)cc1. The van der Waals surface area contributed by atoms with Gasteiger partial charge in [0.05, 0.1) is 13.0 Å². The zero-order chi connectivity index (χ0) is 20.7. The predicted octanol–water partition coefficient (Wildman–Crippen LogP) is 2.45. The molecule has 1 aromatic heterocycles. The Morgan fingerprint density at radius 2 is 1.83 bits per heavy atom. The van der Waals surface area contributed by atoms with Crippen molar-refractivity contribution in [3.05, 3.63) is 35.9 Å². The number of piperidine rings is 1. The van der Waals surface area contributed by atoms with Crippen LogP contribution in [0.15, 0.2) is 24.3 Å². The molecule has 1 saturated carbocycles. The van der Waals surface area contributed by atoms with Crippen molar-refractivity contribution in [2.75, 3.05) is 31.6 Å². The van der Waals surface area contributed by atoms with E-state index >= 15 is 0 Å². The molecule has 5 rings (SSSR count). The van der Waals surface area contributed by atoms with Gasteiger partial charge in [-0.25, -0.2) is 4.98 Å². The second kappa shape index (κ2) is 7.74. The van der Waals surface area contributed by atoms with Gasteiger partial charge in [-0.1, -0.05) is 0 Å². The molecule has 1 aromatic carbocycles. The molecule has 2 amide bonds. The van der Waals surface area contributed by atoms with Crippen LogP contribution >= 0.6 is 0 Å². The molecule has 3 fully saturated rings. The van der Waals surface area contributed by atoms with Gasteiger partial charge in [0.1, 0.15) is 11.6 Å². The van der Waals surface area contributed by atoms with Crippen molar-refractivity contribution in [1.29, 1.82) is 0 Å². The molecule has 2 aromatic rings. The minimum absolute atomic E-state index is 0.00247. The first-order chi connectivity index (χ1) is 14.6. The number of H-pyrrole nitrogens is 1. The minimum Gasteiger partial charge on any atom is -0.497 e. The number of benzene rings is 1. The van der Waals surface area contributed by atoms with Gasteiger partial charge in [-0.2, -0.15) is 5.10 Å². The molecule has 8 nitrogen and oxygen atoms in total. The van der Waals surface area contributed by atoms with Crippen molar-refractivity contribution in [2.24, 2.45) is 5.92 Å².